The summed E-state index contributed by atoms with van der Waals surface area (Å²) in [6, 6.07) is 10.8. The first-order chi connectivity index (χ1) is 13.0. The summed E-state index contributed by atoms with van der Waals surface area (Å²) in [7, 11) is -3.15. The maximum atomic E-state index is 11.2. The highest BCUT2D eigenvalue weighted by Crippen LogP contribution is 2.45. The second-order valence-electron chi connectivity index (χ2n) is 7.41. The molecule has 1 fully saturated rings. The first kappa shape index (κ1) is 21.1. The third-order valence-electron chi connectivity index (χ3n) is 5.52. The van der Waals surface area contributed by atoms with Gasteiger partial charge in [0, 0.05) is 43.2 Å². The van der Waals surface area contributed by atoms with Gasteiger partial charge in [-0.05, 0) is 18.9 Å². The van der Waals surface area contributed by atoms with Crippen LogP contribution < -0.4 is 10.0 Å². The number of rotatable bonds is 5. The second kappa shape index (κ2) is 8.39. The largest absolute Gasteiger partial charge is 0.459 e. The Bertz CT molecular complexity index is 985. The standard InChI is InChI=1S/C19H24N4O3S.ClH/c1-27(24,25)22-8-7-21-14-6-9-23-12-13(11-20)18-15-4-2-3-5-17(15)26-19(18)16(23)10-14;/h2-5,13-14,16,21-22H,6-10,12H2,1H3;1H/t13?,14-,16+;/m1./s1. The number of fused-ring (bicyclic) bond motifs is 5. The molecule has 0 radical (unpaired) electrons. The number of nitrogens with one attached hydrogen (secondary N) is 2. The lowest BCUT2D eigenvalue weighted by atomic mass is 9.84. The predicted molar refractivity (Wildman–Crippen MR) is 110 cm³/mol. The van der Waals surface area contributed by atoms with Crippen molar-refractivity contribution in [3.8, 4) is 6.07 Å². The van der Waals surface area contributed by atoms with Crippen molar-refractivity contribution in [2.75, 3.05) is 32.4 Å². The minimum absolute atomic E-state index is 0. The Labute approximate surface area is 171 Å². The molecule has 4 rings (SSSR count). The summed E-state index contributed by atoms with van der Waals surface area (Å²) < 4.78 is 31.0. The van der Waals surface area contributed by atoms with Crippen molar-refractivity contribution in [1.82, 2.24) is 14.9 Å². The van der Waals surface area contributed by atoms with E-state index in [0.717, 1.165) is 48.2 Å². The Morgan fingerprint density at radius 3 is 2.86 bits per heavy atom. The van der Waals surface area contributed by atoms with Gasteiger partial charge in [-0.25, -0.2) is 13.1 Å². The molecule has 0 spiro atoms. The van der Waals surface area contributed by atoms with Gasteiger partial charge in [-0.2, -0.15) is 5.26 Å². The van der Waals surface area contributed by atoms with Gasteiger partial charge in [-0.3, -0.25) is 4.90 Å². The monoisotopic (exact) mass is 424 g/mol. The number of halogens is 1. The summed E-state index contributed by atoms with van der Waals surface area (Å²) in [5, 5.41) is 14.2. The van der Waals surface area contributed by atoms with E-state index in [0.29, 0.717) is 19.1 Å². The van der Waals surface area contributed by atoms with E-state index in [2.05, 4.69) is 21.0 Å². The van der Waals surface area contributed by atoms with Crippen LogP contribution in [0.15, 0.2) is 28.7 Å². The number of furan rings is 1. The number of para-hydroxylation sites is 1. The highest BCUT2D eigenvalue weighted by atomic mass is 35.5. The van der Waals surface area contributed by atoms with Gasteiger partial charge >= 0.3 is 0 Å². The van der Waals surface area contributed by atoms with Crippen molar-refractivity contribution in [3.05, 3.63) is 35.6 Å². The number of piperidine rings is 1. The molecule has 28 heavy (non-hydrogen) atoms. The molecule has 0 bridgehead atoms. The topological polar surface area (TPSA) is 98.4 Å². The molecule has 3 heterocycles. The molecule has 2 aliphatic heterocycles. The summed E-state index contributed by atoms with van der Waals surface area (Å²) >= 11 is 0. The van der Waals surface area contributed by atoms with Crippen LogP contribution >= 0.6 is 12.4 Å². The van der Waals surface area contributed by atoms with E-state index < -0.39 is 10.0 Å². The molecular weight excluding hydrogens is 400 g/mol. The Hall–Kier alpha value is -1.63. The van der Waals surface area contributed by atoms with Crippen molar-refractivity contribution < 1.29 is 12.8 Å². The lowest BCUT2D eigenvalue weighted by molar-refractivity contribution is 0.0947. The third kappa shape index (κ3) is 4.19. The summed E-state index contributed by atoms with van der Waals surface area (Å²) in [4.78, 5) is 2.35. The molecule has 1 unspecified atom stereocenters. The minimum Gasteiger partial charge on any atom is -0.459 e. The lowest BCUT2D eigenvalue weighted by Crippen LogP contribution is -2.48. The van der Waals surface area contributed by atoms with Crippen LogP contribution in [-0.2, 0) is 10.0 Å². The molecule has 2 aromatic rings. The van der Waals surface area contributed by atoms with Crippen LogP contribution in [0.5, 0.6) is 0 Å². The van der Waals surface area contributed by atoms with Gasteiger partial charge in [0.25, 0.3) is 0 Å². The average Bonchev–Trinajstić information content (AvgIpc) is 3.04. The summed E-state index contributed by atoms with van der Waals surface area (Å²) in [6.07, 6.45) is 3.04. The van der Waals surface area contributed by atoms with Crippen molar-refractivity contribution >= 4 is 33.4 Å². The average molecular weight is 425 g/mol. The van der Waals surface area contributed by atoms with Gasteiger partial charge in [0.05, 0.1) is 24.3 Å². The molecular formula is C19H25ClN4O3S. The molecule has 1 aromatic heterocycles. The van der Waals surface area contributed by atoms with Crippen LogP contribution in [0.2, 0.25) is 0 Å². The van der Waals surface area contributed by atoms with Crippen molar-refractivity contribution in [3.63, 3.8) is 0 Å². The summed E-state index contributed by atoms with van der Waals surface area (Å²) in [5.74, 6) is 0.762. The molecule has 1 aromatic carbocycles. The number of hydrogen-bond acceptors (Lipinski definition) is 6. The molecule has 1 saturated heterocycles. The normalized spacial score (nSPS) is 24.8. The van der Waals surface area contributed by atoms with Gasteiger partial charge in [0.15, 0.2) is 0 Å². The van der Waals surface area contributed by atoms with Crippen molar-refractivity contribution in [2.45, 2.75) is 30.8 Å². The second-order valence-corrected chi connectivity index (χ2v) is 9.24. The zero-order valence-electron chi connectivity index (χ0n) is 15.7. The van der Waals surface area contributed by atoms with E-state index in [1.807, 2.05) is 24.3 Å². The van der Waals surface area contributed by atoms with Gasteiger partial charge in [0.2, 0.25) is 10.0 Å². The summed E-state index contributed by atoms with van der Waals surface area (Å²) in [5.41, 5.74) is 1.89. The van der Waals surface area contributed by atoms with Crippen LogP contribution in [0.25, 0.3) is 11.0 Å². The number of benzene rings is 1. The van der Waals surface area contributed by atoms with Gasteiger partial charge in [-0.15, -0.1) is 12.4 Å². The van der Waals surface area contributed by atoms with Crippen LogP contribution in [0, 0.1) is 11.3 Å². The third-order valence-corrected chi connectivity index (χ3v) is 6.25. The fraction of sp³-hybridized carbons (Fsp3) is 0.526. The molecule has 0 saturated carbocycles. The van der Waals surface area contributed by atoms with E-state index in [1.165, 1.54) is 6.26 Å². The van der Waals surface area contributed by atoms with Crippen LogP contribution in [-0.4, -0.2) is 51.8 Å². The van der Waals surface area contributed by atoms with E-state index >= 15 is 0 Å². The fourth-order valence-corrected chi connectivity index (χ4v) is 4.80. The lowest BCUT2D eigenvalue weighted by Gasteiger charge is -2.42. The Morgan fingerprint density at radius 1 is 1.32 bits per heavy atom. The molecule has 2 N–H and O–H groups in total. The zero-order valence-corrected chi connectivity index (χ0v) is 17.4. The molecule has 7 nitrogen and oxygen atoms in total. The smallest absolute Gasteiger partial charge is 0.208 e. The molecule has 2 aliphatic rings. The van der Waals surface area contributed by atoms with Crippen LogP contribution in [0.1, 0.15) is 36.1 Å². The minimum atomic E-state index is -3.15. The zero-order chi connectivity index (χ0) is 19.0. The maximum absolute atomic E-state index is 11.2. The van der Waals surface area contributed by atoms with Gasteiger partial charge < -0.3 is 9.73 Å². The molecule has 9 heteroatoms. The number of nitriles is 1. The Balaban J connectivity index is 0.00000225. The molecule has 3 atom stereocenters. The van der Waals surface area contributed by atoms with Gasteiger partial charge in [0.1, 0.15) is 11.3 Å². The van der Waals surface area contributed by atoms with E-state index in [9.17, 15) is 13.7 Å². The Kier molecular flexibility index (Phi) is 6.32. The quantitative estimate of drug-likeness (QED) is 0.713. The first-order valence-electron chi connectivity index (χ1n) is 9.29. The fourth-order valence-electron chi connectivity index (χ4n) is 4.33. The van der Waals surface area contributed by atoms with Crippen molar-refractivity contribution in [1.29, 1.82) is 5.26 Å². The van der Waals surface area contributed by atoms with Crippen molar-refractivity contribution in [2.24, 2.45) is 0 Å². The SMILES string of the molecule is CS(=O)(=O)NCCN[C@@H]1CCN2CC(C#N)c3c(oc4ccccc34)[C@@H]2C1.Cl. The molecule has 0 amide bonds. The van der Waals surface area contributed by atoms with E-state index in [1.54, 1.807) is 0 Å². The molecule has 152 valence electrons. The van der Waals surface area contributed by atoms with E-state index in [-0.39, 0.29) is 24.4 Å². The van der Waals surface area contributed by atoms with Gasteiger partial charge in [-0.1, -0.05) is 18.2 Å². The van der Waals surface area contributed by atoms with Crippen LogP contribution in [0.4, 0.5) is 0 Å². The first-order valence-corrected chi connectivity index (χ1v) is 11.2. The Morgan fingerprint density at radius 2 is 2.11 bits per heavy atom. The summed E-state index contributed by atoms with van der Waals surface area (Å²) in [6.45, 7) is 2.62. The highest BCUT2D eigenvalue weighted by molar-refractivity contribution is 7.88. The molecule has 0 aliphatic carbocycles. The number of nitrogens with zero attached hydrogens (tertiary/aromatic N) is 2. The predicted octanol–water partition coefficient (Wildman–Crippen LogP) is 2.12. The van der Waals surface area contributed by atoms with E-state index in [4.69, 9.17) is 4.42 Å². The maximum Gasteiger partial charge on any atom is 0.208 e. The van der Waals surface area contributed by atoms with Crippen LogP contribution in [0.3, 0.4) is 0 Å². The highest BCUT2D eigenvalue weighted by Gasteiger charge is 2.41. The number of hydrogen-bond donors (Lipinski definition) is 2. The number of sulfonamides is 1.